The van der Waals surface area contributed by atoms with Gasteiger partial charge in [-0.3, -0.25) is 10.2 Å². The highest BCUT2D eigenvalue weighted by molar-refractivity contribution is 5.53. The van der Waals surface area contributed by atoms with Crippen LogP contribution in [0.5, 0.6) is 5.88 Å². The summed E-state index contributed by atoms with van der Waals surface area (Å²) in [5, 5.41) is 21.0. The number of hydrogen-bond acceptors (Lipinski definition) is 5. The Morgan fingerprint density at radius 3 is 2.95 bits per heavy atom. The second kappa shape index (κ2) is 5.40. The van der Waals surface area contributed by atoms with E-state index in [0.29, 0.717) is 24.4 Å². The third kappa shape index (κ3) is 3.02. The highest BCUT2D eigenvalue weighted by Gasteiger charge is 2.25. The predicted molar refractivity (Wildman–Crippen MR) is 79.0 cm³/mol. The molecule has 1 saturated carbocycles. The van der Waals surface area contributed by atoms with Crippen molar-refractivity contribution in [2.24, 2.45) is 0 Å². The number of nitrogens with one attached hydrogen (secondary N) is 4. The van der Waals surface area contributed by atoms with Crippen LogP contribution in [0.15, 0.2) is 12.1 Å². The lowest BCUT2D eigenvalue weighted by Crippen LogP contribution is -2.28. The van der Waals surface area contributed by atoms with E-state index in [0.717, 1.165) is 18.2 Å². The highest BCUT2D eigenvalue weighted by Crippen LogP contribution is 2.39. The highest BCUT2D eigenvalue weighted by atomic mass is 16.5. The number of ether oxygens (including phenoxy) is 1. The van der Waals surface area contributed by atoms with Crippen molar-refractivity contribution < 1.29 is 4.74 Å². The van der Waals surface area contributed by atoms with Gasteiger partial charge in [-0.05, 0) is 32.2 Å². The van der Waals surface area contributed by atoms with Gasteiger partial charge in [0, 0.05) is 29.8 Å². The number of rotatable bonds is 6. The molecule has 1 aliphatic heterocycles. The van der Waals surface area contributed by atoms with Gasteiger partial charge in [-0.1, -0.05) is 0 Å². The molecule has 7 nitrogen and oxygen atoms in total. The van der Waals surface area contributed by atoms with Crippen molar-refractivity contribution in [2.45, 2.75) is 37.6 Å². The quantitative estimate of drug-likeness (QED) is 0.651. The smallest absolute Gasteiger partial charge is 0.234 e. The van der Waals surface area contributed by atoms with Gasteiger partial charge in [0.05, 0.1) is 0 Å². The molecule has 2 aromatic heterocycles. The van der Waals surface area contributed by atoms with E-state index in [1.165, 1.54) is 31.4 Å². The maximum absolute atomic E-state index is 5.69. The van der Waals surface area contributed by atoms with Crippen LogP contribution in [0.2, 0.25) is 0 Å². The number of hydrogen-bond donors (Lipinski definition) is 4. The molecule has 0 radical (unpaired) electrons. The van der Waals surface area contributed by atoms with Crippen molar-refractivity contribution in [2.75, 3.05) is 18.5 Å². The van der Waals surface area contributed by atoms with Gasteiger partial charge in [0.1, 0.15) is 12.4 Å². The molecule has 2 aliphatic rings. The number of H-pyrrole nitrogens is 2. The molecule has 2 fully saturated rings. The first-order chi connectivity index (χ1) is 10.4. The number of nitrogens with zero attached hydrogens (tertiary/aromatic N) is 2. The van der Waals surface area contributed by atoms with Crippen LogP contribution in [0.1, 0.15) is 37.3 Å². The summed E-state index contributed by atoms with van der Waals surface area (Å²) >= 11 is 0. The largest absolute Gasteiger partial charge is 0.475 e. The summed E-state index contributed by atoms with van der Waals surface area (Å²) in [5.74, 6) is 2.89. The molecule has 3 heterocycles. The number of aromatic nitrogens is 4. The van der Waals surface area contributed by atoms with Crippen molar-refractivity contribution in [3.63, 3.8) is 0 Å². The molecule has 0 bridgehead atoms. The minimum absolute atomic E-state index is 0.450. The van der Waals surface area contributed by atoms with Crippen LogP contribution in [-0.4, -0.2) is 39.6 Å². The molecular formula is C14H20N6O. The zero-order valence-electron chi connectivity index (χ0n) is 11.9. The van der Waals surface area contributed by atoms with Crippen LogP contribution >= 0.6 is 0 Å². The minimum atomic E-state index is 0.450. The molecule has 112 valence electrons. The van der Waals surface area contributed by atoms with Crippen LogP contribution < -0.4 is 15.4 Å². The van der Waals surface area contributed by atoms with E-state index in [1.54, 1.807) is 0 Å². The van der Waals surface area contributed by atoms with Crippen molar-refractivity contribution in [3.8, 4) is 5.88 Å². The summed E-state index contributed by atoms with van der Waals surface area (Å²) in [6, 6.07) is 4.37. The van der Waals surface area contributed by atoms with Crippen LogP contribution in [0.25, 0.3) is 0 Å². The Balaban J connectivity index is 1.32. The summed E-state index contributed by atoms with van der Waals surface area (Å²) in [4.78, 5) is 0. The second-order valence-electron chi connectivity index (χ2n) is 5.83. The van der Waals surface area contributed by atoms with Crippen molar-refractivity contribution in [1.82, 2.24) is 25.7 Å². The van der Waals surface area contributed by atoms with Crippen LogP contribution in [0.4, 0.5) is 11.6 Å². The molecule has 0 spiro atoms. The van der Waals surface area contributed by atoms with E-state index in [1.807, 2.05) is 6.07 Å². The Morgan fingerprint density at radius 2 is 2.14 bits per heavy atom. The molecule has 7 heteroatoms. The van der Waals surface area contributed by atoms with Gasteiger partial charge in [-0.15, -0.1) is 5.10 Å². The van der Waals surface area contributed by atoms with Gasteiger partial charge < -0.3 is 15.4 Å². The average Bonchev–Trinajstić information content (AvgIpc) is 2.94. The molecule has 21 heavy (non-hydrogen) atoms. The summed E-state index contributed by atoms with van der Waals surface area (Å²) < 4.78 is 5.69. The van der Waals surface area contributed by atoms with Crippen molar-refractivity contribution >= 4 is 11.6 Å². The SMILES string of the molecule is c1c(OC[C@@H]2CCCN2)n[nH]c1Nc1cc(C2CC2)[nH]n1. The van der Waals surface area contributed by atoms with Crippen LogP contribution in [0.3, 0.4) is 0 Å². The normalized spacial score (nSPS) is 21.6. The molecule has 4 N–H and O–H groups in total. The fraction of sp³-hybridized carbons (Fsp3) is 0.571. The van der Waals surface area contributed by atoms with Gasteiger partial charge in [-0.25, -0.2) is 0 Å². The Hall–Kier alpha value is -2.02. The van der Waals surface area contributed by atoms with E-state index in [-0.39, 0.29) is 0 Å². The molecule has 1 atom stereocenters. The first-order valence-electron chi connectivity index (χ1n) is 7.61. The van der Waals surface area contributed by atoms with E-state index in [4.69, 9.17) is 4.74 Å². The van der Waals surface area contributed by atoms with Gasteiger partial charge in [0.25, 0.3) is 0 Å². The predicted octanol–water partition coefficient (Wildman–Crippen LogP) is 1.88. The Morgan fingerprint density at radius 1 is 1.19 bits per heavy atom. The lowest BCUT2D eigenvalue weighted by molar-refractivity contribution is 0.267. The Labute approximate surface area is 122 Å². The maximum Gasteiger partial charge on any atom is 0.234 e. The van der Waals surface area contributed by atoms with Gasteiger partial charge >= 0.3 is 0 Å². The van der Waals surface area contributed by atoms with Crippen molar-refractivity contribution in [1.29, 1.82) is 0 Å². The van der Waals surface area contributed by atoms with Crippen LogP contribution in [0, 0.1) is 0 Å². The number of aromatic amines is 2. The monoisotopic (exact) mass is 288 g/mol. The molecule has 0 unspecified atom stereocenters. The fourth-order valence-corrected chi connectivity index (χ4v) is 2.67. The topological polar surface area (TPSA) is 90.6 Å². The second-order valence-corrected chi connectivity index (χ2v) is 5.83. The van der Waals surface area contributed by atoms with Gasteiger partial charge in [-0.2, -0.15) is 5.10 Å². The summed E-state index contributed by atoms with van der Waals surface area (Å²) in [6.07, 6.45) is 4.92. The van der Waals surface area contributed by atoms with Gasteiger partial charge in [0.2, 0.25) is 5.88 Å². The minimum Gasteiger partial charge on any atom is -0.475 e. The van der Waals surface area contributed by atoms with E-state index < -0.39 is 0 Å². The zero-order valence-corrected chi connectivity index (χ0v) is 11.9. The first kappa shape index (κ1) is 12.7. The molecule has 0 amide bonds. The fourth-order valence-electron chi connectivity index (χ4n) is 2.67. The summed E-state index contributed by atoms with van der Waals surface area (Å²) in [6.45, 7) is 1.75. The molecule has 1 saturated heterocycles. The lowest BCUT2D eigenvalue weighted by atomic mass is 10.2. The average molecular weight is 288 g/mol. The molecule has 4 rings (SSSR count). The van der Waals surface area contributed by atoms with E-state index in [2.05, 4.69) is 37.1 Å². The maximum atomic E-state index is 5.69. The van der Waals surface area contributed by atoms with E-state index >= 15 is 0 Å². The molecular weight excluding hydrogens is 268 g/mol. The summed E-state index contributed by atoms with van der Waals surface area (Å²) in [5.41, 5.74) is 1.21. The van der Waals surface area contributed by atoms with Crippen LogP contribution in [-0.2, 0) is 0 Å². The lowest BCUT2D eigenvalue weighted by Gasteiger charge is -2.09. The standard InChI is InChI=1S/C14H20N6O/c1-2-10(15-5-1)8-21-14-7-13(19-20-14)16-12-6-11(17-18-12)9-3-4-9/h6-7,9-10,15H,1-5,8H2,(H3,16,17,18,19,20)/t10-/m0/s1. The molecule has 1 aliphatic carbocycles. The number of anilines is 2. The van der Waals surface area contributed by atoms with Crippen molar-refractivity contribution in [3.05, 3.63) is 17.8 Å². The summed E-state index contributed by atoms with van der Waals surface area (Å²) in [7, 11) is 0. The zero-order chi connectivity index (χ0) is 14.1. The van der Waals surface area contributed by atoms with E-state index in [9.17, 15) is 0 Å². The Bertz CT molecular complexity index is 596. The Kier molecular flexibility index (Phi) is 3.27. The third-order valence-electron chi connectivity index (χ3n) is 4.03. The first-order valence-corrected chi connectivity index (χ1v) is 7.61. The molecule has 0 aromatic carbocycles. The molecule has 2 aromatic rings. The third-order valence-corrected chi connectivity index (χ3v) is 4.03. The van der Waals surface area contributed by atoms with Gasteiger partial charge in [0.15, 0.2) is 5.82 Å².